The Hall–Kier alpha value is -1.12. The molecule has 0 spiro atoms. The highest BCUT2D eigenvalue weighted by atomic mass is 16.3. The van der Waals surface area contributed by atoms with Crippen LogP contribution in [-0.4, -0.2) is 21.9 Å². The van der Waals surface area contributed by atoms with E-state index >= 15 is 0 Å². The Balaban J connectivity index is 1.36. The van der Waals surface area contributed by atoms with Crippen LogP contribution in [0.25, 0.3) is 0 Å². The topological polar surface area (TPSA) is 40.5 Å². The molecule has 1 aromatic rings. The van der Waals surface area contributed by atoms with E-state index in [1.807, 2.05) is 0 Å². The molecule has 0 saturated heterocycles. The number of aliphatic hydroxyl groups excluding tert-OH is 1. The second-order valence-electron chi connectivity index (χ2n) is 12.8. The van der Waals surface area contributed by atoms with E-state index in [2.05, 4.69) is 58.0 Å². The molecule has 3 saturated carbocycles. The molecule has 4 aliphatic carbocycles. The molecule has 182 valence electrons. The quantitative estimate of drug-likeness (QED) is 0.474. The van der Waals surface area contributed by atoms with Crippen LogP contribution in [0.15, 0.2) is 35.9 Å². The first kappa shape index (κ1) is 23.6. The van der Waals surface area contributed by atoms with Crippen LogP contribution in [0.3, 0.4) is 0 Å². The summed E-state index contributed by atoms with van der Waals surface area (Å²) < 4.78 is 0. The molecule has 0 unspecified atom stereocenters. The van der Waals surface area contributed by atoms with Gasteiger partial charge in [0.2, 0.25) is 0 Å². The smallest absolute Gasteiger partial charge is 0.0681 e. The van der Waals surface area contributed by atoms with Gasteiger partial charge in [-0.25, -0.2) is 0 Å². The van der Waals surface area contributed by atoms with Crippen molar-refractivity contribution >= 4 is 0 Å². The molecule has 3 fully saturated rings. The summed E-state index contributed by atoms with van der Waals surface area (Å²) in [6, 6.07) is 8.88. The van der Waals surface area contributed by atoms with E-state index in [1.165, 1.54) is 43.2 Å². The zero-order chi connectivity index (χ0) is 23.4. The van der Waals surface area contributed by atoms with Gasteiger partial charge >= 0.3 is 0 Å². The average Bonchev–Trinajstić information content (AvgIpc) is 3.17. The van der Waals surface area contributed by atoms with Crippen molar-refractivity contribution in [1.29, 1.82) is 0 Å². The lowest BCUT2D eigenvalue weighted by Crippen LogP contribution is -2.53. The summed E-state index contributed by atoms with van der Waals surface area (Å²) in [6.07, 6.45) is 14.4. The Morgan fingerprint density at radius 2 is 1.76 bits per heavy atom. The molecule has 2 heteroatoms. The SMILES string of the molecule is CC[C@@](O)(CCc1ccc(C)cc1)[C@H]1CC[C@H]2[C@@H]3CC=C4C[C@@H](O)CC[C@]4(C)[C@H]3CC[C@]12C. The summed E-state index contributed by atoms with van der Waals surface area (Å²) in [5.41, 5.74) is 4.22. The second-order valence-corrected chi connectivity index (χ2v) is 12.8. The largest absolute Gasteiger partial charge is 0.393 e. The van der Waals surface area contributed by atoms with Crippen LogP contribution < -0.4 is 0 Å². The van der Waals surface area contributed by atoms with Gasteiger partial charge in [-0.1, -0.05) is 62.2 Å². The van der Waals surface area contributed by atoms with Crippen molar-refractivity contribution in [2.24, 2.45) is 34.5 Å². The van der Waals surface area contributed by atoms with Gasteiger partial charge in [0.25, 0.3) is 0 Å². The number of aryl methyl sites for hydroxylation is 2. The molecule has 4 aliphatic rings. The fourth-order valence-electron chi connectivity index (χ4n) is 9.24. The van der Waals surface area contributed by atoms with Gasteiger partial charge < -0.3 is 10.2 Å². The molecule has 0 amide bonds. The van der Waals surface area contributed by atoms with E-state index < -0.39 is 5.60 Å². The maximum absolute atomic E-state index is 12.1. The monoisotopic (exact) mass is 450 g/mol. The van der Waals surface area contributed by atoms with Gasteiger partial charge in [-0.05, 0) is 118 Å². The molecule has 2 N–H and O–H groups in total. The molecule has 2 nitrogen and oxygen atoms in total. The highest BCUT2D eigenvalue weighted by molar-refractivity contribution is 5.26. The predicted octanol–water partition coefficient (Wildman–Crippen LogP) is 7.01. The molecule has 1 aromatic carbocycles. The summed E-state index contributed by atoms with van der Waals surface area (Å²) in [4.78, 5) is 0. The van der Waals surface area contributed by atoms with Gasteiger partial charge in [0.05, 0.1) is 11.7 Å². The molecule has 0 aromatic heterocycles. The van der Waals surface area contributed by atoms with E-state index in [-0.39, 0.29) is 11.5 Å². The van der Waals surface area contributed by atoms with Gasteiger partial charge in [-0.15, -0.1) is 0 Å². The fourth-order valence-corrected chi connectivity index (χ4v) is 9.24. The van der Waals surface area contributed by atoms with Crippen molar-refractivity contribution in [3.63, 3.8) is 0 Å². The van der Waals surface area contributed by atoms with Crippen LogP contribution in [0.4, 0.5) is 0 Å². The molecule has 0 heterocycles. The predicted molar refractivity (Wildman–Crippen MR) is 136 cm³/mol. The third-order valence-electron chi connectivity index (χ3n) is 11.3. The first-order chi connectivity index (χ1) is 15.7. The lowest BCUT2D eigenvalue weighted by molar-refractivity contribution is -0.114. The van der Waals surface area contributed by atoms with Crippen LogP contribution in [0, 0.1) is 41.4 Å². The summed E-state index contributed by atoms with van der Waals surface area (Å²) in [5.74, 6) is 2.68. The average molecular weight is 451 g/mol. The highest BCUT2D eigenvalue weighted by Crippen LogP contribution is 2.68. The van der Waals surface area contributed by atoms with Gasteiger partial charge in [0.15, 0.2) is 0 Å². The third kappa shape index (κ3) is 3.84. The normalized spacial score (nSPS) is 42.0. The minimum atomic E-state index is -0.560. The van der Waals surface area contributed by atoms with Crippen molar-refractivity contribution in [2.75, 3.05) is 0 Å². The van der Waals surface area contributed by atoms with Gasteiger partial charge in [0, 0.05) is 0 Å². The van der Waals surface area contributed by atoms with Crippen LogP contribution in [0.5, 0.6) is 0 Å². The van der Waals surface area contributed by atoms with E-state index in [4.69, 9.17) is 0 Å². The number of allylic oxidation sites excluding steroid dienone is 1. The van der Waals surface area contributed by atoms with Gasteiger partial charge in [-0.3, -0.25) is 0 Å². The number of hydrogen-bond acceptors (Lipinski definition) is 2. The molecule has 0 radical (unpaired) electrons. The summed E-state index contributed by atoms with van der Waals surface area (Å²) in [7, 11) is 0. The lowest BCUT2D eigenvalue weighted by Gasteiger charge is -2.59. The van der Waals surface area contributed by atoms with E-state index in [9.17, 15) is 10.2 Å². The Morgan fingerprint density at radius 1 is 1.00 bits per heavy atom. The van der Waals surface area contributed by atoms with E-state index in [0.29, 0.717) is 11.3 Å². The zero-order valence-electron chi connectivity index (χ0n) is 21.4. The molecular weight excluding hydrogens is 404 g/mol. The van der Waals surface area contributed by atoms with Crippen LogP contribution in [0.2, 0.25) is 0 Å². The van der Waals surface area contributed by atoms with Crippen molar-refractivity contribution in [3.05, 3.63) is 47.0 Å². The zero-order valence-corrected chi connectivity index (χ0v) is 21.4. The molecule has 5 rings (SSSR count). The first-order valence-corrected chi connectivity index (χ1v) is 13.8. The van der Waals surface area contributed by atoms with Crippen LogP contribution in [0.1, 0.15) is 96.1 Å². The molecule has 0 bridgehead atoms. The minimum absolute atomic E-state index is 0.126. The first-order valence-electron chi connectivity index (χ1n) is 13.8. The van der Waals surface area contributed by atoms with E-state index in [0.717, 1.165) is 56.3 Å². The van der Waals surface area contributed by atoms with Crippen LogP contribution in [-0.2, 0) is 6.42 Å². The third-order valence-corrected chi connectivity index (χ3v) is 11.3. The van der Waals surface area contributed by atoms with Crippen molar-refractivity contribution in [3.8, 4) is 0 Å². The number of fused-ring (bicyclic) bond motifs is 5. The maximum atomic E-state index is 12.1. The molecule has 8 atom stereocenters. The Bertz CT molecular complexity index is 887. The minimum Gasteiger partial charge on any atom is -0.393 e. The number of rotatable bonds is 5. The number of aliphatic hydroxyl groups is 2. The van der Waals surface area contributed by atoms with Gasteiger partial charge in [-0.2, -0.15) is 0 Å². The lowest BCUT2D eigenvalue weighted by atomic mass is 9.46. The number of benzene rings is 1. The summed E-state index contributed by atoms with van der Waals surface area (Å²) in [5, 5.41) is 22.3. The van der Waals surface area contributed by atoms with E-state index in [1.54, 1.807) is 5.57 Å². The van der Waals surface area contributed by atoms with Crippen molar-refractivity contribution in [1.82, 2.24) is 0 Å². The Kier molecular flexibility index (Phi) is 6.10. The highest BCUT2D eigenvalue weighted by Gasteiger charge is 2.61. The molecular formula is C31H46O2. The summed E-state index contributed by atoms with van der Waals surface area (Å²) in [6.45, 7) is 9.41. The van der Waals surface area contributed by atoms with Crippen molar-refractivity contribution < 1.29 is 10.2 Å². The summed E-state index contributed by atoms with van der Waals surface area (Å²) >= 11 is 0. The molecule has 33 heavy (non-hydrogen) atoms. The Morgan fingerprint density at radius 3 is 2.48 bits per heavy atom. The van der Waals surface area contributed by atoms with Crippen molar-refractivity contribution in [2.45, 2.75) is 110 Å². The molecule has 0 aliphatic heterocycles. The fraction of sp³-hybridized carbons (Fsp3) is 0.742. The number of hydrogen-bond donors (Lipinski definition) is 2. The maximum Gasteiger partial charge on any atom is 0.0681 e. The standard InChI is InChI=1S/C31H46O2/c1-5-31(33,19-14-22-8-6-21(2)7-9-22)28-13-12-26-25-11-10-23-20-24(32)15-17-29(23,3)27(25)16-18-30(26,28)4/h6-10,24-28,32-33H,5,11-20H2,1-4H3/t24-,25-,26-,27-,28-,29-,30-,31+/m0/s1. The second kappa shape index (κ2) is 8.52. The van der Waals surface area contributed by atoms with Crippen LogP contribution >= 0.6 is 0 Å². The van der Waals surface area contributed by atoms with Gasteiger partial charge in [0.1, 0.15) is 0 Å². The Labute approximate surface area is 201 Å².